The average molecular weight is 714 g/mol. The van der Waals surface area contributed by atoms with E-state index in [4.69, 9.17) is 15.0 Å². The standard InChI is InChI=1S/C53H35N3/c1-5-15-36(16-6-1)47-34-49(37-17-7-2-8-18-37)54-48-30-28-44-32-43(27-29-46(44)52(47)48)41-24-13-23-40(31-41)42-25-14-26-45(33-42)53-55-50(38-19-9-3-10-20-38)35-51(56-53)39-21-11-4-12-22-39/h1-35H. The van der Waals surface area contributed by atoms with Gasteiger partial charge in [-0.25, -0.2) is 15.0 Å². The quantitative estimate of drug-likeness (QED) is 0.154. The van der Waals surface area contributed by atoms with Gasteiger partial charge in [0, 0.05) is 27.6 Å². The summed E-state index contributed by atoms with van der Waals surface area (Å²) in [5, 5.41) is 3.53. The highest BCUT2D eigenvalue weighted by Crippen LogP contribution is 2.38. The zero-order chi connectivity index (χ0) is 37.3. The van der Waals surface area contributed by atoms with E-state index in [0.29, 0.717) is 5.82 Å². The van der Waals surface area contributed by atoms with Gasteiger partial charge in [0.1, 0.15) is 0 Å². The smallest absolute Gasteiger partial charge is 0.160 e. The minimum absolute atomic E-state index is 0.699. The number of nitrogens with zero attached hydrogens (tertiary/aromatic N) is 3. The number of pyridine rings is 1. The molecule has 0 saturated heterocycles. The highest BCUT2D eigenvalue weighted by Gasteiger charge is 2.15. The van der Waals surface area contributed by atoms with Crippen LogP contribution in [-0.4, -0.2) is 15.0 Å². The Bertz CT molecular complexity index is 2940. The molecule has 0 fully saturated rings. The number of benzene rings is 8. The number of rotatable bonds is 7. The third-order valence-electron chi connectivity index (χ3n) is 10.5. The van der Waals surface area contributed by atoms with Gasteiger partial charge in [0.05, 0.1) is 22.6 Å². The van der Waals surface area contributed by atoms with E-state index >= 15 is 0 Å². The van der Waals surface area contributed by atoms with Crippen molar-refractivity contribution in [3.8, 4) is 78.5 Å². The van der Waals surface area contributed by atoms with E-state index in [2.05, 4.69) is 170 Å². The first-order valence-electron chi connectivity index (χ1n) is 18.9. The molecule has 0 saturated carbocycles. The molecule has 0 spiro atoms. The molecule has 0 N–H and O–H groups in total. The highest BCUT2D eigenvalue weighted by atomic mass is 14.9. The van der Waals surface area contributed by atoms with Gasteiger partial charge in [0.15, 0.2) is 5.82 Å². The van der Waals surface area contributed by atoms with E-state index < -0.39 is 0 Å². The molecule has 0 aliphatic rings. The Kier molecular flexibility index (Phi) is 8.51. The molecule has 2 heterocycles. The van der Waals surface area contributed by atoms with Crippen LogP contribution in [0.5, 0.6) is 0 Å². The molecule has 0 bridgehead atoms. The molecule has 0 unspecified atom stereocenters. The molecule has 0 atom stereocenters. The minimum Gasteiger partial charge on any atom is -0.248 e. The number of fused-ring (bicyclic) bond motifs is 3. The summed E-state index contributed by atoms with van der Waals surface area (Å²) in [6.07, 6.45) is 0. The molecule has 10 rings (SSSR count). The first-order valence-corrected chi connectivity index (χ1v) is 18.9. The maximum Gasteiger partial charge on any atom is 0.160 e. The van der Waals surface area contributed by atoms with Gasteiger partial charge < -0.3 is 0 Å². The fourth-order valence-electron chi connectivity index (χ4n) is 7.65. The zero-order valence-corrected chi connectivity index (χ0v) is 30.5. The van der Waals surface area contributed by atoms with Gasteiger partial charge in [-0.2, -0.15) is 0 Å². The predicted octanol–water partition coefficient (Wildman–Crippen LogP) is 13.8. The molecule has 56 heavy (non-hydrogen) atoms. The Hall–Kier alpha value is -7.49. The predicted molar refractivity (Wildman–Crippen MR) is 233 cm³/mol. The summed E-state index contributed by atoms with van der Waals surface area (Å²) in [6, 6.07) is 74.6. The van der Waals surface area contributed by atoms with Crippen molar-refractivity contribution >= 4 is 21.7 Å². The Morgan fingerprint density at radius 2 is 0.714 bits per heavy atom. The van der Waals surface area contributed by atoms with Crippen molar-refractivity contribution in [1.82, 2.24) is 15.0 Å². The number of hydrogen-bond acceptors (Lipinski definition) is 3. The Morgan fingerprint density at radius 3 is 1.27 bits per heavy atom. The molecule has 3 nitrogen and oxygen atoms in total. The lowest BCUT2D eigenvalue weighted by atomic mass is 9.92. The zero-order valence-electron chi connectivity index (χ0n) is 30.5. The van der Waals surface area contributed by atoms with Gasteiger partial charge in [-0.05, 0) is 80.6 Å². The normalized spacial score (nSPS) is 11.2. The molecular formula is C53H35N3. The van der Waals surface area contributed by atoms with E-state index in [9.17, 15) is 0 Å². The van der Waals surface area contributed by atoms with Crippen molar-refractivity contribution in [3.63, 3.8) is 0 Å². The maximum atomic E-state index is 5.17. The second-order valence-electron chi connectivity index (χ2n) is 14.0. The van der Waals surface area contributed by atoms with Crippen LogP contribution in [0.1, 0.15) is 0 Å². The lowest BCUT2D eigenvalue weighted by Gasteiger charge is -2.14. The van der Waals surface area contributed by atoms with Crippen LogP contribution >= 0.6 is 0 Å². The largest absolute Gasteiger partial charge is 0.248 e. The van der Waals surface area contributed by atoms with E-state index in [1.54, 1.807) is 0 Å². The number of aromatic nitrogens is 3. The van der Waals surface area contributed by atoms with Crippen molar-refractivity contribution in [2.45, 2.75) is 0 Å². The van der Waals surface area contributed by atoms with Crippen molar-refractivity contribution in [2.75, 3.05) is 0 Å². The van der Waals surface area contributed by atoms with Crippen LogP contribution in [0.15, 0.2) is 212 Å². The SMILES string of the molecule is c1ccc(-c2cc(-c3ccccc3)nc(-c3cccc(-c4cccc(-c5ccc6c(ccc7nc(-c8ccccc8)cc(-c8ccccc8)c76)c5)c4)c3)n2)cc1. The Balaban J connectivity index is 1.04. The summed E-state index contributed by atoms with van der Waals surface area (Å²) in [5.74, 6) is 0.699. The van der Waals surface area contributed by atoms with Crippen LogP contribution in [0.25, 0.3) is 100 Å². The van der Waals surface area contributed by atoms with Gasteiger partial charge in [-0.1, -0.05) is 176 Å². The highest BCUT2D eigenvalue weighted by molar-refractivity contribution is 6.14. The van der Waals surface area contributed by atoms with Crippen molar-refractivity contribution in [1.29, 1.82) is 0 Å². The Morgan fingerprint density at radius 1 is 0.268 bits per heavy atom. The van der Waals surface area contributed by atoms with Gasteiger partial charge in [0.25, 0.3) is 0 Å². The second-order valence-corrected chi connectivity index (χ2v) is 14.0. The van der Waals surface area contributed by atoms with E-state index in [1.165, 1.54) is 27.3 Å². The molecule has 2 aromatic heterocycles. The van der Waals surface area contributed by atoms with Crippen LogP contribution in [0, 0.1) is 0 Å². The van der Waals surface area contributed by atoms with E-state index in [1.807, 2.05) is 42.5 Å². The maximum absolute atomic E-state index is 5.17. The second kappa shape index (κ2) is 14.4. The van der Waals surface area contributed by atoms with Crippen molar-refractivity contribution < 1.29 is 0 Å². The molecule has 8 aromatic carbocycles. The van der Waals surface area contributed by atoms with E-state index in [-0.39, 0.29) is 0 Å². The fourth-order valence-corrected chi connectivity index (χ4v) is 7.65. The average Bonchev–Trinajstić information content (AvgIpc) is 3.29. The van der Waals surface area contributed by atoms with Gasteiger partial charge in [0.2, 0.25) is 0 Å². The van der Waals surface area contributed by atoms with Crippen LogP contribution in [-0.2, 0) is 0 Å². The summed E-state index contributed by atoms with van der Waals surface area (Å²) in [6.45, 7) is 0. The lowest BCUT2D eigenvalue weighted by Crippen LogP contribution is -1.96. The molecule has 10 aromatic rings. The minimum atomic E-state index is 0.699. The molecule has 0 amide bonds. The van der Waals surface area contributed by atoms with Gasteiger partial charge in [-0.3, -0.25) is 0 Å². The lowest BCUT2D eigenvalue weighted by molar-refractivity contribution is 1.18. The summed E-state index contributed by atoms with van der Waals surface area (Å²) in [4.78, 5) is 15.3. The molecule has 262 valence electrons. The van der Waals surface area contributed by atoms with Crippen LogP contribution in [0.4, 0.5) is 0 Å². The third-order valence-corrected chi connectivity index (χ3v) is 10.5. The fraction of sp³-hybridized carbons (Fsp3) is 0. The molecular weight excluding hydrogens is 679 g/mol. The van der Waals surface area contributed by atoms with Gasteiger partial charge >= 0.3 is 0 Å². The summed E-state index contributed by atoms with van der Waals surface area (Å²) in [5.41, 5.74) is 14.9. The van der Waals surface area contributed by atoms with Gasteiger partial charge in [-0.15, -0.1) is 0 Å². The monoisotopic (exact) mass is 713 g/mol. The molecule has 0 aliphatic carbocycles. The molecule has 3 heteroatoms. The van der Waals surface area contributed by atoms with Crippen molar-refractivity contribution in [2.24, 2.45) is 0 Å². The van der Waals surface area contributed by atoms with Crippen LogP contribution in [0.3, 0.4) is 0 Å². The first kappa shape index (κ1) is 33.1. The third kappa shape index (κ3) is 6.42. The summed E-state index contributed by atoms with van der Waals surface area (Å²) in [7, 11) is 0. The molecule has 0 radical (unpaired) electrons. The van der Waals surface area contributed by atoms with Crippen molar-refractivity contribution in [3.05, 3.63) is 212 Å². The van der Waals surface area contributed by atoms with Crippen LogP contribution < -0.4 is 0 Å². The van der Waals surface area contributed by atoms with E-state index in [0.717, 1.165) is 67.1 Å². The topological polar surface area (TPSA) is 38.7 Å². The van der Waals surface area contributed by atoms with Crippen LogP contribution in [0.2, 0.25) is 0 Å². The summed E-state index contributed by atoms with van der Waals surface area (Å²) < 4.78 is 0. The number of hydrogen-bond donors (Lipinski definition) is 0. The Labute approximate surface area is 326 Å². The summed E-state index contributed by atoms with van der Waals surface area (Å²) >= 11 is 0. The first-order chi connectivity index (χ1) is 27.7. The molecule has 0 aliphatic heterocycles.